The Morgan fingerprint density at radius 3 is 2.93 bits per heavy atom. The Balaban J connectivity index is 1.29. The number of hydrogen-bond donors (Lipinski definition) is 0. The molecular formula is C20H24N6O2. The van der Waals surface area contributed by atoms with Gasteiger partial charge in [0.1, 0.15) is 6.54 Å². The lowest BCUT2D eigenvalue weighted by Crippen LogP contribution is -2.41. The second-order valence-electron chi connectivity index (χ2n) is 7.29. The molecule has 3 aromatic rings. The van der Waals surface area contributed by atoms with E-state index in [1.807, 2.05) is 36.2 Å². The number of aromatic nitrogens is 5. The first-order chi connectivity index (χ1) is 13.7. The molecule has 1 unspecified atom stereocenters. The van der Waals surface area contributed by atoms with Gasteiger partial charge in [-0.1, -0.05) is 5.16 Å². The summed E-state index contributed by atoms with van der Waals surface area (Å²) in [4.78, 5) is 23.0. The van der Waals surface area contributed by atoms with Gasteiger partial charge < -0.3 is 9.42 Å². The summed E-state index contributed by atoms with van der Waals surface area (Å²) in [6, 6.07) is 5.61. The minimum Gasteiger partial charge on any atom is -0.341 e. The monoisotopic (exact) mass is 380 g/mol. The topological polar surface area (TPSA) is 89.9 Å². The third-order valence-corrected chi connectivity index (χ3v) is 5.11. The van der Waals surface area contributed by atoms with Crippen molar-refractivity contribution in [2.45, 2.75) is 39.2 Å². The fourth-order valence-corrected chi connectivity index (χ4v) is 3.62. The summed E-state index contributed by atoms with van der Waals surface area (Å²) in [5.74, 6) is 1.82. The highest BCUT2D eigenvalue weighted by molar-refractivity contribution is 5.76. The molecule has 1 atom stereocenters. The third-order valence-electron chi connectivity index (χ3n) is 5.11. The van der Waals surface area contributed by atoms with E-state index in [0.717, 1.165) is 50.0 Å². The largest absolute Gasteiger partial charge is 0.341 e. The minimum absolute atomic E-state index is 0.132. The fourth-order valence-electron chi connectivity index (χ4n) is 3.62. The van der Waals surface area contributed by atoms with E-state index in [-0.39, 0.29) is 5.91 Å². The number of amides is 1. The number of nitrogens with zero attached hydrogens (tertiary/aromatic N) is 6. The highest BCUT2D eigenvalue weighted by Gasteiger charge is 2.24. The zero-order valence-corrected chi connectivity index (χ0v) is 16.0. The Bertz CT molecular complexity index is 920. The Morgan fingerprint density at radius 2 is 2.14 bits per heavy atom. The minimum atomic E-state index is 0.132. The first kappa shape index (κ1) is 18.3. The van der Waals surface area contributed by atoms with Gasteiger partial charge in [-0.05, 0) is 50.3 Å². The van der Waals surface area contributed by atoms with Crippen LogP contribution in [0.4, 0.5) is 0 Å². The van der Waals surface area contributed by atoms with E-state index in [2.05, 4.69) is 20.2 Å². The molecule has 1 aliphatic rings. The molecule has 1 saturated heterocycles. The molecule has 1 amide bonds. The predicted octanol–water partition coefficient (Wildman–Crippen LogP) is 2.51. The summed E-state index contributed by atoms with van der Waals surface area (Å²) in [5.41, 5.74) is 1.80. The fraction of sp³-hybridized carbons (Fsp3) is 0.450. The van der Waals surface area contributed by atoms with Crippen LogP contribution in [0.5, 0.6) is 0 Å². The van der Waals surface area contributed by atoms with Crippen LogP contribution in [0.2, 0.25) is 0 Å². The summed E-state index contributed by atoms with van der Waals surface area (Å²) < 4.78 is 7.06. The van der Waals surface area contributed by atoms with Crippen molar-refractivity contribution in [1.29, 1.82) is 0 Å². The first-order valence-corrected chi connectivity index (χ1v) is 9.68. The Morgan fingerprint density at radius 1 is 1.29 bits per heavy atom. The number of carbonyl (C=O) groups is 1. The Hall–Kier alpha value is -3.03. The molecule has 8 heteroatoms. The van der Waals surface area contributed by atoms with Gasteiger partial charge in [-0.25, -0.2) is 0 Å². The molecule has 4 rings (SSSR count). The second kappa shape index (κ2) is 8.33. The van der Waals surface area contributed by atoms with Crippen LogP contribution < -0.4 is 0 Å². The van der Waals surface area contributed by atoms with E-state index in [1.54, 1.807) is 17.1 Å². The maximum atomic E-state index is 12.6. The van der Waals surface area contributed by atoms with E-state index in [0.29, 0.717) is 24.2 Å². The number of aryl methyl sites for hydroxylation is 2. The van der Waals surface area contributed by atoms with Crippen LogP contribution in [-0.4, -0.2) is 48.8 Å². The zero-order chi connectivity index (χ0) is 19.3. The van der Waals surface area contributed by atoms with Crippen molar-refractivity contribution in [3.05, 3.63) is 48.3 Å². The van der Waals surface area contributed by atoms with Gasteiger partial charge in [-0.3, -0.25) is 14.5 Å². The van der Waals surface area contributed by atoms with Crippen LogP contribution in [0.3, 0.4) is 0 Å². The van der Waals surface area contributed by atoms with E-state index >= 15 is 0 Å². The van der Waals surface area contributed by atoms with Crippen molar-refractivity contribution < 1.29 is 9.32 Å². The molecule has 146 valence electrons. The summed E-state index contributed by atoms with van der Waals surface area (Å²) in [7, 11) is 0. The SMILES string of the molecule is Cc1ccn(CC(=O)N2CCCC(CCc3noc(-c4ccncc4)n3)C2)n1. The summed E-state index contributed by atoms with van der Waals surface area (Å²) >= 11 is 0. The molecule has 3 aromatic heterocycles. The number of rotatable bonds is 6. The highest BCUT2D eigenvalue weighted by atomic mass is 16.5. The summed E-state index contributed by atoms with van der Waals surface area (Å²) in [6.07, 6.45) is 9.11. The van der Waals surface area contributed by atoms with Gasteiger partial charge in [0, 0.05) is 43.7 Å². The Labute approximate surface area is 163 Å². The maximum absolute atomic E-state index is 12.6. The van der Waals surface area contributed by atoms with Gasteiger partial charge in [0.25, 0.3) is 5.89 Å². The Kier molecular flexibility index (Phi) is 5.45. The zero-order valence-electron chi connectivity index (χ0n) is 16.0. The number of pyridine rings is 1. The van der Waals surface area contributed by atoms with Crippen molar-refractivity contribution in [2.24, 2.45) is 5.92 Å². The van der Waals surface area contributed by atoms with Crippen molar-refractivity contribution in [3.8, 4) is 11.5 Å². The number of hydrogen-bond acceptors (Lipinski definition) is 6. The maximum Gasteiger partial charge on any atom is 0.258 e. The molecule has 4 heterocycles. The van der Waals surface area contributed by atoms with Crippen molar-refractivity contribution >= 4 is 5.91 Å². The lowest BCUT2D eigenvalue weighted by Gasteiger charge is -2.32. The number of likely N-dealkylation sites (tertiary alicyclic amines) is 1. The summed E-state index contributed by atoms with van der Waals surface area (Å²) in [5, 5.41) is 8.40. The molecule has 1 fully saturated rings. The molecule has 0 bridgehead atoms. The quantitative estimate of drug-likeness (QED) is 0.653. The van der Waals surface area contributed by atoms with Crippen LogP contribution >= 0.6 is 0 Å². The predicted molar refractivity (Wildman–Crippen MR) is 102 cm³/mol. The van der Waals surface area contributed by atoms with Crippen LogP contribution in [0.1, 0.15) is 30.8 Å². The van der Waals surface area contributed by atoms with E-state index < -0.39 is 0 Å². The third kappa shape index (κ3) is 4.44. The molecule has 28 heavy (non-hydrogen) atoms. The molecule has 0 radical (unpaired) electrons. The first-order valence-electron chi connectivity index (χ1n) is 9.68. The van der Waals surface area contributed by atoms with Crippen molar-refractivity contribution in [3.63, 3.8) is 0 Å². The normalized spacial score (nSPS) is 17.0. The van der Waals surface area contributed by atoms with Crippen molar-refractivity contribution in [2.75, 3.05) is 13.1 Å². The van der Waals surface area contributed by atoms with Crippen LogP contribution in [0.25, 0.3) is 11.5 Å². The molecule has 0 aliphatic carbocycles. The van der Waals surface area contributed by atoms with Gasteiger partial charge in [-0.2, -0.15) is 10.1 Å². The van der Waals surface area contributed by atoms with Crippen LogP contribution in [0, 0.1) is 12.8 Å². The van der Waals surface area contributed by atoms with Gasteiger partial charge >= 0.3 is 0 Å². The molecule has 8 nitrogen and oxygen atoms in total. The average molecular weight is 380 g/mol. The lowest BCUT2D eigenvalue weighted by atomic mass is 9.93. The molecule has 0 N–H and O–H groups in total. The van der Waals surface area contributed by atoms with E-state index in [4.69, 9.17) is 4.52 Å². The van der Waals surface area contributed by atoms with Gasteiger partial charge in [-0.15, -0.1) is 0 Å². The molecule has 0 aromatic carbocycles. The van der Waals surface area contributed by atoms with E-state index in [9.17, 15) is 4.79 Å². The number of piperidine rings is 1. The number of carbonyl (C=O) groups excluding carboxylic acids is 1. The smallest absolute Gasteiger partial charge is 0.258 e. The molecule has 0 spiro atoms. The standard InChI is InChI=1S/C20H24N6O2/c1-15-8-12-26(23-15)14-19(27)25-11-2-3-16(13-25)4-5-18-22-20(28-24-18)17-6-9-21-10-7-17/h6-10,12,16H,2-5,11,13-14H2,1H3. The molecule has 1 aliphatic heterocycles. The highest BCUT2D eigenvalue weighted by Crippen LogP contribution is 2.22. The molecule has 0 saturated carbocycles. The van der Waals surface area contributed by atoms with Gasteiger partial charge in [0.15, 0.2) is 5.82 Å². The lowest BCUT2D eigenvalue weighted by molar-refractivity contribution is -0.133. The average Bonchev–Trinajstić information content (AvgIpc) is 3.36. The van der Waals surface area contributed by atoms with Crippen LogP contribution in [0.15, 0.2) is 41.3 Å². The van der Waals surface area contributed by atoms with Gasteiger partial charge in [0.05, 0.1) is 5.69 Å². The van der Waals surface area contributed by atoms with Crippen molar-refractivity contribution in [1.82, 2.24) is 29.8 Å². The second-order valence-corrected chi connectivity index (χ2v) is 7.29. The van der Waals surface area contributed by atoms with E-state index in [1.165, 1.54) is 0 Å². The molecular weight excluding hydrogens is 356 g/mol. The van der Waals surface area contributed by atoms with Crippen LogP contribution in [-0.2, 0) is 17.8 Å². The summed E-state index contributed by atoms with van der Waals surface area (Å²) in [6.45, 7) is 3.84. The van der Waals surface area contributed by atoms with Gasteiger partial charge in [0.2, 0.25) is 5.91 Å².